The van der Waals surface area contributed by atoms with E-state index in [0.717, 1.165) is 54.2 Å². The summed E-state index contributed by atoms with van der Waals surface area (Å²) in [5.74, 6) is 1.12. The Balaban J connectivity index is 2.31. The van der Waals surface area contributed by atoms with Crippen molar-refractivity contribution in [2.45, 2.75) is 40.7 Å². The molecule has 0 spiro atoms. The first kappa shape index (κ1) is 17.0. The number of ether oxygens (including phenoxy) is 1. The molecule has 1 atom stereocenters. The summed E-state index contributed by atoms with van der Waals surface area (Å²) < 4.78 is 5.68. The molecule has 1 saturated heterocycles. The molecule has 1 fully saturated rings. The van der Waals surface area contributed by atoms with Crippen LogP contribution >= 0.6 is 0 Å². The zero-order valence-electron chi connectivity index (χ0n) is 14.5. The number of nitrogens with zero attached hydrogens (tertiary/aromatic N) is 1. The fourth-order valence-corrected chi connectivity index (χ4v) is 3.17. The van der Waals surface area contributed by atoms with Crippen LogP contribution in [-0.2, 0) is 0 Å². The molecule has 1 aromatic carbocycles. The number of piperazine rings is 1. The summed E-state index contributed by atoms with van der Waals surface area (Å²) in [5.41, 5.74) is 4.00. The van der Waals surface area contributed by atoms with Crippen LogP contribution in [0.1, 0.15) is 40.9 Å². The molecule has 4 heteroatoms. The maximum absolute atomic E-state index is 13.0. The molecular formula is C18H28N2O2. The molecule has 122 valence electrons. The fourth-order valence-electron chi connectivity index (χ4n) is 3.17. The summed E-state index contributed by atoms with van der Waals surface area (Å²) in [5, 5.41) is 3.33. The lowest BCUT2D eigenvalue weighted by Gasteiger charge is -2.32. The van der Waals surface area contributed by atoms with E-state index in [0.29, 0.717) is 6.61 Å². The number of carbonyl (C=O) groups excluding carboxylic acids is 1. The Bertz CT molecular complexity index is 549. The number of Topliss-reactive ketones (excluding diaryl/α,β-unsaturated/α-hetero) is 1. The summed E-state index contributed by atoms with van der Waals surface area (Å²) in [6.45, 7) is 14.5. The van der Waals surface area contributed by atoms with Gasteiger partial charge in [-0.25, -0.2) is 0 Å². The van der Waals surface area contributed by atoms with Crippen molar-refractivity contribution in [2.24, 2.45) is 0 Å². The first-order chi connectivity index (χ1) is 10.5. The molecule has 1 N–H and O–H groups in total. The zero-order valence-corrected chi connectivity index (χ0v) is 14.5. The van der Waals surface area contributed by atoms with Crippen molar-refractivity contribution >= 4 is 5.78 Å². The number of aryl methyl sites for hydroxylation is 1. The summed E-state index contributed by atoms with van der Waals surface area (Å²) in [7, 11) is 0. The summed E-state index contributed by atoms with van der Waals surface area (Å²) >= 11 is 0. The number of benzene rings is 1. The minimum absolute atomic E-state index is 0.0724. The molecule has 0 amide bonds. The summed E-state index contributed by atoms with van der Waals surface area (Å²) in [6, 6.07) is 1.93. The molecule has 0 radical (unpaired) electrons. The lowest BCUT2D eigenvalue weighted by molar-refractivity contribution is 0.0818. The van der Waals surface area contributed by atoms with Crippen LogP contribution in [0, 0.1) is 20.8 Å². The number of hydrogen-bond donors (Lipinski definition) is 1. The molecule has 2 rings (SSSR count). The van der Waals surface area contributed by atoms with Gasteiger partial charge in [-0.2, -0.15) is 0 Å². The van der Waals surface area contributed by atoms with E-state index in [4.69, 9.17) is 4.74 Å². The van der Waals surface area contributed by atoms with Gasteiger partial charge in [-0.05, 0) is 57.4 Å². The Morgan fingerprint density at radius 3 is 2.50 bits per heavy atom. The number of ketones is 1. The van der Waals surface area contributed by atoms with Crippen molar-refractivity contribution < 1.29 is 9.53 Å². The van der Waals surface area contributed by atoms with E-state index in [2.05, 4.69) is 10.2 Å². The van der Waals surface area contributed by atoms with Gasteiger partial charge in [-0.1, -0.05) is 0 Å². The highest BCUT2D eigenvalue weighted by Gasteiger charge is 2.27. The highest BCUT2D eigenvalue weighted by atomic mass is 16.5. The van der Waals surface area contributed by atoms with E-state index < -0.39 is 0 Å². The number of hydrogen-bond acceptors (Lipinski definition) is 4. The average molecular weight is 304 g/mol. The molecule has 1 heterocycles. The first-order valence-electron chi connectivity index (χ1n) is 8.20. The van der Waals surface area contributed by atoms with Gasteiger partial charge in [-0.15, -0.1) is 0 Å². The largest absolute Gasteiger partial charge is 0.494 e. The number of nitrogens with one attached hydrogen (secondary N) is 1. The zero-order chi connectivity index (χ0) is 16.3. The van der Waals surface area contributed by atoms with Gasteiger partial charge >= 0.3 is 0 Å². The smallest absolute Gasteiger partial charge is 0.180 e. The van der Waals surface area contributed by atoms with E-state index in [1.165, 1.54) is 0 Å². The van der Waals surface area contributed by atoms with E-state index >= 15 is 0 Å². The van der Waals surface area contributed by atoms with Crippen LogP contribution in [-0.4, -0.2) is 49.5 Å². The van der Waals surface area contributed by atoms with E-state index in [-0.39, 0.29) is 11.8 Å². The van der Waals surface area contributed by atoms with Crippen molar-refractivity contribution in [3.05, 3.63) is 28.3 Å². The maximum atomic E-state index is 13.0. The third-order valence-electron chi connectivity index (χ3n) is 4.67. The molecular weight excluding hydrogens is 276 g/mol. The van der Waals surface area contributed by atoms with E-state index in [1.54, 1.807) is 0 Å². The molecule has 1 unspecified atom stereocenters. The first-order valence-corrected chi connectivity index (χ1v) is 8.20. The van der Waals surface area contributed by atoms with Crippen LogP contribution in [0.15, 0.2) is 6.07 Å². The molecule has 22 heavy (non-hydrogen) atoms. The molecule has 0 bridgehead atoms. The van der Waals surface area contributed by atoms with Gasteiger partial charge in [0, 0.05) is 31.7 Å². The van der Waals surface area contributed by atoms with Crippen LogP contribution in [0.4, 0.5) is 0 Å². The van der Waals surface area contributed by atoms with Crippen LogP contribution in [0.25, 0.3) is 0 Å². The van der Waals surface area contributed by atoms with Crippen molar-refractivity contribution in [3.63, 3.8) is 0 Å². The van der Waals surface area contributed by atoms with Crippen molar-refractivity contribution in [1.29, 1.82) is 0 Å². The highest BCUT2D eigenvalue weighted by Crippen LogP contribution is 2.29. The Labute approximate surface area is 133 Å². The Morgan fingerprint density at radius 1 is 1.27 bits per heavy atom. The molecule has 1 aliphatic rings. The second-order valence-corrected chi connectivity index (χ2v) is 6.08. The second kappa shape index (κ2) is 7.25. The van der Waals surface area contributed by atoms with Gasteiger partial charge in [0.1, 0.15) is 5.75 Å². The lowest BCUT2D eigenvalue weighted by atomic mass is 9.91. The van der Waals surface area contributed by atoms with Gasteiger partial charge in [-0.3, -0.25) is 9.69 Å². The Kier molecular flexibility index (Phi) is 5.59. The van der Waals surface area contributed by atoms with Gasteiger partial charge in [0.05, 0.1) is 12.6 Å². The van der Waals surface area contributed by atoms with Crippen LogP contribution in [0.2, 0.25) is 0 Å². The Hall–Kier alpha value is -1.39. The second-order valence-electron chi connectivity index (χ2n) is 6.08. The number of carbonyl (C=O) groups is 1. The van der Waals surface area contributed by atoms with Crippen LogP contribution in [0.3, 0.4) is 0 Å². The lowest BCUT2D eigenvalue weighted by Crippen LogP contribution is -2.50. The molecule has 0 saturated carbocycles. The van der Waals surface area contributed by atoms with Crippen LogP contribution < -0.4 is 10.1 Å². The quantitative estimate of drug-likeness (QED) is 0.849. The average Bonchev–Trinajstić information content (AvgIpc) is 2.52. The number of rotatable bonds is 5. The standard InChI is InChI=1S/C18H28N2O2/c1-6-22-16-11-12(2)17(14(4)13(16)3)18(21)15(5)20-9-7-19-8-10-20/h11,15,19H,6-10H2,1-5H3. The fraction of sp³-hybridized carbons (Fsp3) is 0.611. The van der Waals surface area contributed by atoms with Gasteiger partial charge < -0.3 is 10.1 Å². The molecule has 1 aromatic rings. The Morgan fingerprint density at radius 2 is 1.91 bits per heavy atom. The van der Waals surface area contributed by atoms with Gasteiger partial charge in [0.2, 0.25) is 0 Å². The van der Waals surface area contributed by atoms with Gasteiger partial charge in [0.25, 0.3) is 0 Å². The SMILES string of the molecule is CCOc1cc(C)c(C(=O)C(C)N2CCNCC2)c(C)c1C. The predicted molar refractivity (Wildman–Crippen MR) is 90.1 cm³/mol. The highest BCUT2D eigenvalue weighted by molar-refractivity contribution is 6.02. The topological polar surface area (TPSA) is 41.6 Å². The van der Waals surface area contributed by atoms with Crippen LogP contribution in [0.5, 0.6) is 5.75 Å². The van der Waals surface area contributed by atoms with E-state index in [9.17, 15) is 4.79 Å². The molecule has 4 nitrogen and oxygen atoms in total. The maximum Gasteiger partial charge on any atom is 0.180 e. The predicted octanol–water partition coefficient (Wildman–Crippen LogP) is 2.49. The molecule has 0 aliphatic carbocycles. The van der Waals surface area contributed by atoms with Crippen molar-refractivity contribution in [2.75, 3.05) is 32.8 Å². The normalized spacial score (nSPS) is 17.3. The van der Waals surface area contributed by atoms with E-state index in [1.807, 2.05) is 40.7 Å². The van der Waals surface area contributed by atoms with Gasteiger partial charge in [0.15, 0.2) is 5.78 Å². The van der Waals surface area contributed by atoms with Crippen molar-refractivity contribution in [1.82, 2.24) is 10.2 Å². The third-order valence-corrected chi connectivity index (χ3v) is 4.67. The van der Waals surface area contributed by atoms with Crippen molar-refractivity contribution in [3.8, 4) is 5.75 Å². The summed E-state index contributed by atoms with van der Waals surface area (Å²) in [6.07, 6.45) is 0. The third kappa shape index (κ3) is 3.33. The molecule has 0 aromatic heterocycles. The minimum Gasteiger partial charge on any atom is -0.494 e. The molecule has 1 aliphatic heterocycles. The monoisotopic (exact) mass is 304 g/mol. The minimum atomic E-state index is -0.0724. The summed E-state index contributed by atoms with van der Waals surface area (Å²) in [4.78, 5) is 15.3.